The van der Waals surface area contributed by atoms with Crippen LogP contribution in [0.15, 0.2) is 12.2 Å². The van der Waals surface area contributed by atoms with E-state index >= 15 is 0 Å². The van der Waals surface area contributed by atoms with E-state index in [1.165, 1.54) is 18.7 Å². The minimum Gasteiger partial charge on any atom is -0.465 e. The molecule has 0 radical (unpaired) electrons. The Hall–Kier alpha value is -1.21. The molecule has 216 valence electrons. The van der Waals surface area contributed by atoms with Crippen LogP contribution in [-0.4, -0.2) is 100 Å². The summed E-state index contributed by atoms with van der Waals surface area (Å²) in [6.07, 6.45) is 2.66. The standard InChI is InChI=1S/C27H44N2O8S/c1-14(2)10-16-8-9-35-24-17(11-16)12-28-20(24)26(34)29-19-7-5-4-6-18(13-36-15(3)30)38-27-23(33)21(31)22(32)25(19)37-27/h4-5,14,16-25,27-28,31-33H,6-13H2,1-3H3,(H,29,34)/b5-4-/t16-,17-,18-,19+,20-,21-,22+,23+,24+,25+,27+/m0/s1. The zero-order valence-electron chi connectivity index (χ0n) is 22.5. The van der Waals surface area contributed by atoms with Crippen molar-refractivity contribution in [2.24, 2.45) is 17.8 Å². The molecule has 2 bridgehead atoms. The Kier molecular flexibility index (Phi) is 10.5. The minimum atomic E-state index is -1.44. The first kappa shape index (κ1) is 29.8. The number of carbonyl (C=O) groups excluding carboxylic acids is 2. The van der Waals surface area contributed by atoms with Gasteiger partial charge in [0.05, 0.1) is 12.1 Å². The molecule has 4 rings (SSSR count). The quantitative estimate of drug-likeness (QED) is 0.234. The summed E-state index contributed by atoms with van der Waals surface area (Å²) in [7, 11) is 0. The van der Waals surface area contributed by atoms with Crippen molar-refractivity contribution in [1.82, 2.24) is 10.6 Å². The average Bonchev–Trinajstić information content (AvgIpc) is 3.15. The van der Waals surface area contributed by atoms with Crippen molar-refractivity contribution >= 4 is 23.6 Å². The average molecular weight is 557 g/mol. The molecule has 1 amide bonds. The summed E-state index contributed by atoms with van der Waals surface area (Å²) in [5, 5.41) is 38.3. The molecule has 0 spiro atoms. The van der Waals surface area contributed by atoms with Gasteiger partial charge in [-0.05, 0) is 49.9 Å². The zero-order chi connectivity index (χ0) is 27.4. The van der Waals surface area contributed by atoms with Crippen molar-refractivity contribution in [1.29, 1.82) is 0 Å². The molecular weight excluding hydrogens is 512 g/mol. The molecule has 0 unspecified atom stereocenters. The van der Waals surface area contributed by atoms with Crippen LogP contribution in [0.4, 0.5) is 0 Å². The van der Waals surface area contributed by atoms with E-state index in [0.29, 0.717) is 31.3 Å². The predicted molar refractivity (Wildman–Crippen MR) is 142 cm³/mol. The number of carbonyl (C=O) groups is 2. The highest BCUT2D eigenvalue weighted by atomic mass is 32.2. The Balaban J connectivity index is 1.45. The molecule has 5 N–H and O–H groups in total. The summed E-state index contributed by atoms with van der Waals surface area (Å²) in [5.74, 6) is 0.868. The van der Waals surface area contributed by atoms with Crippen LogP contribution < -0.4 is 10.6 Å². The largest absolute Gasteiger partial charge is 0.465 e. The number of aliphatic hydroxyl groups is 3. The van der Waals surface area contributed by atoms with Crippen LogP contribution in [0.2, 0.25) is 0 Å². The summed E-state index contributed by atoms with van der Waals surface area (Å²) < 4.78 is 17.5. The van der Waals surface area contributed by atoms with Gasteiger partial charge in [0.2, 0.25) is 5.91 Å². The van der Waals surface area contributed by atoms with E-state index in [1.54, 1.807) is 0 Å². The molecule has 38 heavy (non-hydrogen) atoms. The van der Waals surface area contributed by atoms with Crippen molar-refractivity contribution in [2.75, 3.05) is 19.8 Å². The van der Waals surface area contributed by atoms with Gasteiger partial charge < -0.3 is 40.2 Å². The smallest absolute Gasteiger partial charge is 0.302 e. The Labute approximate surface area is 229 Å². The molecule has 0 aromatic carbocycles. The number of thioether (sulfide) groups is 1. The summed E-state index contributed by atoms with van der Waals surface area (Å²) in [6.45, 7) is 7.30. The normalized spacial score (nSPS) is 42.6. The van der Waals surface area contributed by atoms with Gasteiger partial charge in [-0.3, -0.25) is 9.59 Å². The van der Waals surface area contributed by atoms with Gasteiger partial charge in [0.25, 0.3) is 0 Å². The molecule has 11 heteroatoms. The molecule has 0 aromatic heterocycles. The Morgan fingerprint density at radius 2 is 1.89 bits per heavy atom. The number of fused-ring (bicyclic) bond motifs is 3. The lowest BCUT2D eigenvalue weighted by atomic mass is 9.85. The van der Waals surface area contributed by atoms with Gasteiger partial charge in [-0.1, -0.05) is 26.0 Å². The van der Waals surface area contributed by atoms with Gasteiger partial charge in [0.1, 0.15) is 42.5 Å². The van der Waals surface area contributed by atoms with Gasteiger partial charge in [0, 0.05) is 25.3 Å². The fourth-order valence-corrected chi connectivity index (χ4v) is 7.45. The van der Waals surface area contributed by atoms with Gasteiger partial charge in [-0.15, -0.1) is 11.8 Å². The fourth-order valence-electron chi connectivity index (χ4n) is 6.19. The molecule has 4 aliphatic rings. The third kappa shape index (κ3) is 7.30. The molecule has 11 atom stereocenters. The zero-order valence-corrected chi connectivity index (χ0v) is 23.3. The number of aliphatic hydroxyl groups excluding tert-OH is 3. The predicted octanol–water partition coefficient (Wildman–Crippen LogP) is 0.723. The lowest BCUT2D eigenvalue weighted by molar-refractivity contribution is -0.205. The second kappa shape index (κ2) is 13.4. The minimum absolute atomic E-state index is 0.133. The molecule has 4 heterocycles. The maximum absolute atomic E-state index is 13.5. The number of allylic oxidation sites excluding steroid dienone is 1. The molecule has 4 aliphatic heterocycles. The second-order valence-electron chi connectivity index (χ2n) is 11.6. The summed E-state index contributed by atoms with van der Waals surface area (Å²) in [4.78, 5) is 24.8. The summed E-state index contributed by atoms with van der Waals surface area (Å²) in [6, 6.07) is -1.13. The fraction of sp³-hybridized carbons (Fsp3) is 0.852. The number of rotatable bonds is 6. The van der Waals surface area contributed by atoms with E-state index in [4.69, 9.17) is 14.2 Å². The Morgan fingerprint density at radius 1 is 1.13 bits per heavy atom. The highest BCUT2D eigenvalue weighted by Crippen LogP contribution is 2.36. The number of esters is 1. The SMILES string of the molecule is CC(=O)OC[C@@H]1C/C=C\C[C@@H](NC(=O)[C@H]2NC[C@@H]3C[C@H](CC(C)C)CCO[C@H]32)[C@H]2O[C@H](S1)[C@H](O)[C@@H](O)[C@H]2O. The highest BCUT2D eigenvalue weighted by molar-refractivity contribution is 8.00. The molecule has 3 fully saturated rings. The molecule has 3 saturated heterocycles. The van der Waals surface area contributed by atoms with Gasteiger partial charge >= 0.3 is 5.97 Å². The van der Waals surface area contributed by atoms with Gasteiger partial charge in [-0.25, -0.2) is 0 Å². The van der Waals surface area contributed by atoms with Crippen molar-refractivity contribution in [3.63, 3.8) is 0 Å². The van der Waals surface area contributed by atoms with Crippen LogP contribution in [0.1, 0.15) is 52.9 Å². The van der Waals surface area contributed by atoms with Crippen LogP contribution in [0, 0.1) is 17.8 Å². The van der Waals surface area contributed by atoms with Crippen LogP contribution in [0.25, 0.3) is 0 Å². The van der Waals surface area contributed by atoms with E-state index in [9.17, 15) is 24.9 Å². The van der Waals surface area contributed by atoms with Crippen molar-refractivity contribution in [3.8, 4) is 0 Å². The Morgan fingerprint density at radius 3 is 2.63 bits per heavy atom. The number of nitrogens with one attached hydrogen (secondary N) is 2. The first-order valence-electron chi connectivity index (χ1n) is 13.9. The van der Waals surface area contributed by atoms with Crippen LogP contribution in [-0.2, 0) is 23.8 Å². The third-order valence-corrected chi connectivity index (χ3v) is 9.41. The monoisotopic (exact) mass is 556 g/mol. The van der Waals surface area contributed by atoms with Crippen molar-refractivity contribution in [3.05, 3.63) is 12.2 Å². The lowest BCUT2D eigenvalue weighted by Crippen LogP contribution is -2.64. The first-order valence-corrected chi connectivity index (χ1v) is 14.9. The maximum atomic E-state index is 13.5. The molecule has 0 aliphatic carbocycles. The molecule has 0 aromatic rings. The van der Waals surface area contributed by atoms with Crippen LogP contribution in [0.5, 0.6) is 0 Å². The molecule has 0 saturated carbocycles. The number of ether oxygens (including phenoxy) is 3. The van der Waals surface area contributed by atoms with E-state index < -0.39 is 47.9 Å². The van der Waals surface area contributed by atoms with E-state index in [-0.39, 0.29) is 29.8 Å². The van der Waals surface area contributed by atoms with E-state index in [2.05, 4.69) is 24.5 Å². The van der Waals surface area contributed by atoms with E-state index in [1.807, 2.05) is 12.2 Å². The van der Waals surface area contributed by atoms with Crippen LogP contribution in [0.3, 0.4) is 0 Å². The maximum Gasteiger partial charge on any atom is 0.302 e. The summed E-state index contributed by atoms with van der Waals surface area (Å²) in [5.41, 5.74) is -0.859. The lowest BCUT2D eigenvalue weighted by Gasteiger charge is -2.44. The number of amides is 1. The Bertz CT molecular complexity index is 844. The molecular formula is C27H44N2O8S. The van der Waals surface area contributed by atoms with Crippen LogP contribution >= 0.6 is 11.8 Å². The number of hydrogen-bond acceptors (Lipinski definition) is 10. The highest BCUT2D eigenvalue weighted by Gasteiger charge is 2.49. The number of hydrogen-bond donors (Lipinski definition) is 5. The summed E-state index contributed by atoms with van der Waals surface area (Å²) >= 11 is 1.25. The topological polar surface area (TPSA) is 147 Å². The first-order chi connectivity index (χ1) is 18.1. The second-order valence-corrected chi connectivity index (χ2v) is 13.0. The van der Waals surface area contributed by atoms with Gasteiger partial charge in [-0.2, -0.15) is 0 Å². The third-order valence-electron chi connectivity index (χ3n) is 8.04. The van der Waals surface area contributed by atoms with Crippen molar-refractivity contribution in [2.45, 2.75) is 106 Å². The van der Waals surface area contributed by atoms with Crippen molar-refractivity contribution < 1.29 is 39.1 Å². The van der Waals surface area contributed by atoms with E-state index in [0.717, 1.165) is 25.8 Å². The van der Waals surface area contributed by atoms with Gasteiger partial charge in [0.15, 0.2) is 0 Å². The molecule has 10 nitrogen and oxygen atoms in total.